The molecule has 1 aromatic heterocycles. The normalized spacial score (nSPS) is 15.6. The molecule has 0 amide bonds. The second-order valence-electron chi connectivity index (χ2n) is 8.48. The van der Waals surface area contributed by atoms with Crippen LogP contribution in [0.4, 0.5) is 5.69 Å². The summed E-state index contributed by atoms with van der Waals surface area (Å²) in [4.78, 5) is 6.78. The first kappa shape index (κ1) is 23.6. The minimum absolute atomic E-state index is 0.283. The van der Waals surface area contributed by atoms with Gasteiger partial charge in [0, 0.05) is 16.9 Å². The zero-order valence-electron chi connectivity index (χ0n) is 20.5. The van der Waals surface area contributed by atoms with Gasteiger partial charge in [0.2, 0.25) is 5.82 Å². The van der Waals surface area contributed by atoms with E-state index in [0.29, 0.717) is 16.8 Å². The zero-order valence-corrected chi connectivity index (χ0v) is 21.3. The van der Waals surface area contributed by atoms with Gasteiger partial charge in [-0.2, -0.15) is 4.98 Å². The molecule has 2 heterocycles. The van der Waals surface area contributed by atoms with E-state index in [1.54, 1.807) is 14.2 Å². The summed E-state index contributed by atoms with van der Waals surface area (Å²) < 4.78 is 16.4. The second kappa shape index (κ2) is 9.83. The van der Waals surface area contributed by atoms with Gasteiger partial charge in [-0.25, -0.2) is 0 Å². The Kier molecular flexibility index (Phi) is 6.43. The number of ether oxygens (including phenoxy) is 2. The third-order valence-electron chi connectivity index (χ3n) is 6.23. The molecule has 0 saturated heterocycles. The predicted molar refractivity (Wildman–Crippen MR) is 144 cm³/mol. The van der Waals surface area contributed by atoms with Crippen LogP contribution >= 0.6 is 12.2 Å². The van der Waals surface area contributed by atoms with E-state index in [9.17, 15) is 0 Å². The van der Waals surface area contributed by atoms with Gasteiger partial charge >= 0.3 is 0 Å². The number of nitrogens with zero attached hydrogens (tertiary/aromatic N) is 3. The van der Waals surface area contributed by atoms with Gasteiger partial charge in [0.25, 0.3) is 5.89 Å². The quantitative estimate of drug-likeness (QED) is 0.328. The van der Waals surface area contributed by atoms with Crippen molar-refractivity contribution in [2.45, 2.75) is 19.9 Å². The van der Waals surface area contributed by atoms with Crippen LogP contribution in [0.1, 0.15) is 30.0 Å². The summed E-state index contributed by atoms with van der Waals surface area (Å²) in [5.74, 6) is 2.46. The molecule has 3 aromatic carbocycles. The Bertz CT molecular complexity index is 1410. The summed E-state index contributed by atoms with van der Waals surface area (Å²) >= 11 is 5.83. The number of nitrogens with one attached hydrogen (secondary N) is 1. The van der Waals surface area contributed by atoms with E-state index in [4.69, 9.17) is 31.2 Å². The lowest BCUT2D eigenvalue weighted by atomic mass is 9.94. The molecule has 1 atom stereocenters. The minimum Gasteiger partial charge on any atom is -0.497 e. The van der Waals surface area contributed by atoms with E-state index in [1.165, 1.54) is 5.56 Å². The first-order valence-electron chi connectivity index (χ1n) is 11.5. The van der Waals surface area contributed by atoms with Gasteiger partial charge in [-0.3, -0.25) is 4.90 Å². The third kappa shape index (κ3) is 4.43. The maximum absolute atomic E-state index is 5.84. The van der Waals surface area contributed by atoms with Gasteiger partial charge in [0.05, 0.1) is 25.8 Å². The van der Waals surface area contributed by atoms with Crippen molar-refractivity contribution in [1.82, 2.24) is 15.5 Å². The predicted octanol–water partition coefficient (Wildman–Crippen LogP) is 5.93. The van der Waals surface area contributed by atoms with Crippen LogP contribution < -0.4 is 19.7 Å². The van der Waals surface area contributed by atoms with Crippen LogP contribution in [0.3, 0.4) is 0 Å². The van der Waals surface area contributed by atoms with Crippen LogP contribution in [0.5, 0.6) is 11.5 Å². The Labute approximate surface area is 215 Å². The molecule has 1 aliphatic rings. The Morgan fingerprint density at radius 2 is 1.47 bits per heavy atom. The molecular formula is C28H26N4O3S. The van der Waals surface area contributed by atoms with Crippen LogP contribution in [-0.2, 0) is 0 Å². The van der Waals surface area contributed by atoms with Crippen molar-refractivity contribution in [2.24, 2.45) is 0 Å². The standard InChI is InChI=1S/C28H26N4O3S/c1-17-5-11-21(12-6-17)32-18(2)24(25(29-28(32)36)19-7-13-22(33-3)14-8-19)27-30-26(31-35-27)20-9-15-23(34-4)16-10-20/h5-16,25H,1-4H3,(H,29,36). The molecule has 0 fully saturated rings. The van der Waals surface area contributed by atoms with Crippen molar-refractivity contribution in [2.75, 3.05) is 19.1 Å². The number of hydrogen-bond donors (Lipinski definition) is 1. The van der Waals surface area contributed by atoms with Crippen molar-refractivity contribution in [3.63, 3.8) is 0 Å². The van der Waals surface area contributed by atoms with Gasteiger partial charge in [0.1, 0.15) is 11.5 Å². The smallest absolute Gasteiger partial charge is 0.258 e. The zero-order chi connectivity index (χ0) is 25.2. The van der Waals surface area contributed by atoms with Gasteiger partial charge < -0.3 is 19.3 Å². The highest BCUT2D eigenvalue weighted by Gasteiger charge is 2.34. The molecule has 4 aromatic rings. The molecule has 5 rings (SSSR count). The fraction of sp³-hybridized carbons (Fsp3) is 0.179. The van der Waals surface area contributed by atoms with E-state index in [-0.39, 0.29) is 6.04 Å². The molecule has 0 spiro atoms. The molecule has 36 heavy (non-hydrogen) atoms. The number of aromatic nitrogens is 2. The molecule has 1 N–H and O–H groups in total. The number of allylic oxidation sites excluding steroid dienone is 1. The molecule has 1 aliphatic heterocycles. The molecule has 182 valence electrons. The van der Waals surface area contributed by atoms with Crippen LogP contribution in [0.25, 0.3) is 17.0 Å². The first-order valence-corrected chi connectivity index (χ1v) is 11.9. The molecule has 7 nitrogen and oxygen atoms in total. The largest absolute Gasteiger partial charge is 0.497 e. The maximum Gasteiger partial charge on any atom is 0.258 e. The van der Waals surface area contributed by atoms with Crippen molar-refractivity contribution < 1.29 is 14.0 Å². The van der Waals surface area contributed by atoms with Gasteiger partial charge in [-0.15, -0.1) is 0 Å². The van der Waals surface area contributed by atoms with Crippen molar-refractivity contribution in [1.29, 1.82) is 0 Å². The van der Waals surface area contributed by atoms with Crippen LogP contribution in [-0.4, -0.2) is 29.5 Å². The van der Waals surface area contributed by atoms with Gasteiger partial charge in [0.15, 0.2) is 5.11 Å². The Morgan fingerprint density at radius 3 is 2.08 bits per heavy atom. The SMILES string of the molecule is COc1ccc(-c2noc(C3=C(C)N(c4ccc(C)cc4)C(=S)NC3c3ccc(OC)cc3)n2)cc1. The fourth-order valence-corrected chi connectivity index (χ4v) is 4.62. The van der Waals surface area contributed by atoms with Gasteiger partial charge in [-0.1, -0.05) is 35.0 Å². The minimum atomic E-state index is -0.283. The molecule has 0 aliphatic carbocycles. The summed E-state index contributed by atoms with van der Waals surface area (Å²) in [6, 6.07) is 23.4. The van der Waals surface area contributed by atoms with Crippen LogP contribution in [0, 0.1) is 6.92 Å². The number of hydrogen-bond acceptors (Lipinski definition) is 6. The van der Waals surface area contributed by atoms with Crippen molar-refractivity contribution in [3.8, 4) is 22.9 Å². The molecule has 1 unspecified atom stereocenters. The summed E-state index contributed by atoms with van der Waals surface area (Å²) in [6.45, 7) is 4.08. The number of aryl methyl sites for hydroxylation is 1. The monoisotopic (exact) mass is 498 g/mol. The Morgan fingerprint density at radius 1 is 0.861 bits per heavy atom. The second-order valence-corrected chi connectivity index (χ2v) is 8.86. The first-order chi connectivity index (χ1) is 17.5. The van der Waals surface area contributed by atoms with Crippen molar-refractivity contribution in [3.05, 3.63) is 95.5 Å². The van der Waals surface area contributed by atoms with E-state index >= 15 is 0 Å². The highest BCUT2D eigenvalue weighted by molar-refractivity contribution is 7.80. The Hall–Kier alpha value is -4.17. The number of anilines is 1. The summed E-state index contributed by atoms with van der Waals surface area (Å²) in [5.41, 5.74) is 5.72. The van der Waals surface area contributed by atoms with E-state index in [2.05, 4.69) is 41.7 Å². The maximum atomic E-state index is 5.84. The Balaban J connectivity index is 1.62. The van der Waals surface area contributed by atoms with Gasteiger partial charge in [-0.05, 0) is 80.2 Å². The molecule has 0 radical (unpaired) electrons. The lowest BCUT2D eigenvalue weighted by molar-refractivity contribution is 0.403. The average molecular weight is 499 g/mol. The molecule has 8 heteroatoms. The highest BCUT2D eigenvalue weighted by Crippen LogP contribution is 2.39. The molecule has 0 saturated carbocycles. The lowest BCUT2D eigenvalue weighted by Crippen LogP contribution is -2.46. The van der Waals surface area contributed by atoms with E-state index < -0.39 is 0 Å². The topological polar surface area (TPSA) is 72.7 Å². The summed E-state index contributed by atoms with van der Waals surface area (Å²) in [6.07, 6.45) is 0. The van der Waals surface area contributed by atoms with Crippen molar-refractivity contribution >= 4 is 28.6 Å². The lowest BCUT2D eigenvalue weighted by Gasteiger charge is -2.37. The highest BCUT2D eigenvalue weighted by atomic mass is 32.1. The molecule has 0 bridgehead atoms. The number of thiocarbonyl (C=S) groups is 1. The number of methoxy groups -OCH3 is 2. The third-order valence-corrected chi connectivity index (χ3v) is 6.53. The molecular weight excluding hydrogens is 472 g/mol. The van der Waals surface area contributed by atoms with Crippen LogP contribution in [0.2, 0.25) is 0 Å². The number of rotatable bonds is 6. The summed E-state index contributed by atoms with van der Waals surface area (Å²) in [5, 5.41) is 8.36. The number of benzene rings is 3. The van der Waals surface area contributed by atoms with E-state index in [1.807, 2.05) is 60.4 Å². The average Bonchev–Trinajstić information content (AvgIpc) is 3.39. The summed E-state index contributed by atoms with van der Waals surface area (Å²) in [7, 11) is 3.29. The fourth-order valence-electron chi connectivity index (χ4n) is 4.26. The van der Waals surface area contributed by atoms with E-state index in [0.717, 1.165) is 39.6 Å². The van der Waals surface area contributed by atoms with Crippen LogP contribution in [0.15, 0.2) is 83.0 Å².